The lowest BCUT2D eigenvalue weighted by Gasteiger charge is -2.35. The summed E-state index contributed by atoms with van der Waals surface area (Å²) in [6.45, 7) is 4.46. The molecule has 0 aromatic heterocycles. The van der Waals surface area contributed by atoms with Crippen LogP contribution in [0.1, 0.15) is 32.3 Å². The molecule has 0 radical (unpaired) electrons. The van der Waals surface area contributed by atoms with Crippen LogP contribution in [0.25, 0.3) is 10.8 Å². The van der Waals surface area contributed by atoms with Crippen LogP contribution >= 0.6 is 11.6 Å². The third-order valence-electron chi connectivity index (χ3n) is 4.56. The first-order valence-electron chi connectivity index (χ1n) is 7.44. The van der Waals surface area contributed by atoms with Gasteiger partial charge in [0.1, 0.15) is 0 Å². The van der Waals surface area contributed by atoms with Crippen LogP contribution < -0.4 is 11.1 Å². The van der Waals surface area contributed by atoms with Crippen molar-refractivity contribution in [2.24, 2.45) is 5.73 Å². The zero-order chi connectivity index (χ0) is 15.0. The summed E-state index contributed by atoms with van der Waals surface area (Å²) in [4.78, 5) is 0. The van der Waals surface area contributed by atoms with E-state index in [0.29, 0.717) is 0 Å². The van der Waals surface area contributed by atoms with Gasteiger partial charge in [-0.1, -0.05) is 36.7 Å². The van der Waals surface area contributed by atoms with E-state index < -0.39 is 0 Å². The van der Waals surface area contributed by atoms with Crippen molar-refractivity contribution in [1.82, 2.24) is 0 Å². The Morgan fingerprint density at radius 2 is 2.14 bits per heavy atom. The molecule has 0 aliphatic carbocycles. The van der Waals surface area contributed by atoms with Gasteiger partial charge in [0.05, 0.1) is 0 Å². The molecule has 3 N–H and O–H groups in total. The molecule has 0 saturated heterocycles. The predicted molar refractivity (Wildman–Crippen MR) is 91.9 cm³/mol. The first-order valence-corrected chi connectivity index (χ1v) is 7.82. The van der Waals surface area contributed by atoms with E-state index in [-0.39, 0.29) is 5.54 Å². The van der Waals surface area contributed by atoms with Crippen molar-refractivity contribution in [3.63, 3.8) is 0 Å². The lowest BCUT2D eigenvalue weighted by Crippen LogP contribution is -2.35. The highest BCUT2D eigenvalue weighted by Gasteiger charge is 2.27. The van der Waals surface area contributed by atoms with E-state index in [0.717, 1.165) is 29.7 Å². The summed E-state index contributed by atoms with van der Waals surface area (Å²) in [7, 11) is 0. The van der Waals surface area contributed by atoms with Gasteiger partial charge in [0, 0.05) is 27.0 Å². The summed E-state index contributed by atoms with van der Waals surface area (Å²) in [5, 5.41) is 6.86. The molecule has 2 aromatic rings. The van der Waals surface area contributed by atoms with Gasteiger partial charge in [0.2, 0.25) is 0 Å². The molecule has 1 aliphatic rings. The second-order valence-corrected chi connectivity index (χ2v) is 6.56. The van der Waals surface area contributed by atoms with Crippen molar-refractivity contribution < 1.29 is 0 Å². The Balaban J connectivity index is 2.30. The number of benzene rings is 2. The Bertz CT molecular complexity index is 720. The molecule has 1 aliphatic heterocycles. The van der Waals surface area contributed by atoms with E-state index in [1.54, 1.807) is 6.20 Å². The third kappa shape index (κ3) is 2.49. The lowest BCUT2D eigenvalue weighted by atomic mass is 9.84. The molecule has 0 amide bonds. The van der Waals surface area contributed by atoms with E-state index in [1.807, 2.05) is 6.07 Å². The SMILES string of the molecule is CCC1(C)C/C(=C\N)Cc2cccc3c(Cl)ccc(c23)N1. The number of halogens is 1. The fraction of sp³-hybridized carbons (Fsp3) is 0.333. The Hall–Kier alpha value is -1.67. The summed E-state index contributed by atoms with van der Waals surface area (Å²) in [6.07, 6.45) is 4.65. The van der Waals surface area contributed by atoms with Crippen molar-refractivity contribution in [2.45, 2.75) is 38.6 Å². The van der Waals surface area contributed by atoms with Crippen molar-refractivity contribution in [3.05, 3.63) is 52.7 Å². The zero-order valence-corrected chi connectivity index (χ0v) is 13.3. The molecule has 0 spiro atoms. The normalized spacial score (nSPS) is 23.7. The molecule has 3 rings (SSSR count). The molecular weight excluding hydrogens is 280 g/mol. The van der Waals surface area contributed by atoms with Crippen LogP contribution in [0.15, 0.2) is 42.1 Å². The number of nitrogens with two attached hydrogens (primary N) is 1. The van der Waals surface area contributed by atoms with E-state index >= 15 is 0 Å². The standard InChI is InChI=1S/C18H21ClN2/c1-3-18(2)10-12(11-20)9-13-5-4-6-14-15(19)7-8-16(21-18)17(13)14/h4-8,11,21H,3,9-10,20H2,1-2H3/b12-11-. The van der Waals surface area contributed by atoms with E-state index in [9.17, 15) is 0 Å². The summed E-state index contributed by atoms with van der Waals surface area (Å²) in [6, 6.07) is 10.4. The van der Waals surface area contributed by atoms with Gasteiger partial charge in [0.15, 0.2) is 0 Å². The number of anilines is 1. The minimum absolute atomic E-state index is 0.0134. The lowest BCUT2D eigenvalue weighted by molar-refractivity contribution is 0.485. The maximum absolute atomic E-state index is 6.38. The van der Waals surface area contributed by atoms with Crippen molar-refractivity contribution in [3.8, 4) is 0 Å². The van der Waals surface area contributed by atoms with Gasteiger partial charge in [-0.05, 0) is 55.7 Å². The second-order valence-electron chi connectivity index (χ2n) is 6.15. The zero-order valence-electron chi connectivity index (χ0n) is 12.5. The first-order chi connectivity index (χ1) is 10.1. The Labute approximate surface area is 131 Å². The van der Waals surface area contributed by atoms with Gasteiger partial charge >= 0.3 is 0 Å². The van der Waals surface area contributed by atoms with Crippen LogP contribution in [0.2, 0.25) is 5.02 Å². The van der Waals surface area contributed by atoms with Gasteiger partial charge in [0.25, 0.3) is 0 Å². The minimum Gasteiger partial charge on any atom is -0.405 e. The first kappa shape index (κ1) is 14.3. The van der Waals surface area contributed by atoms with Crippen LogP contribution in [0.3, 0.4) is 0 Å². The molecule has 0 fully saturated rings. The molecule has 1 heterocycles. The minimum atomic E-state index is 0.0134. The molecule has 21 heavy (non-hydrogen) atoms. The molecule has 2 nitrogen and oxygen atoms in total. The Morgan fingerprint density at radius 1 is 1.33 bits per heavy atom. The van der Waals surface area contributed by atoms with E-state index in [1.165, 1.54) is 22.2 Å². The average molecular weight is 301 g/mol. The van der Waals surface area contributed by atoms with E-state index in [4.69, 9.17) is 17.3 Å². The smallest absolute Gasteiger partial charge is 0.0486 e. The van der Waals surface area contributed by atoms with Crippen LogP contribution in [0.5, 0.6) is 0 Å². The van der Waals surface area contributed by atoms with Crippen LogP contribution in [0, 0.1) is 0 Å². The summed E-state index contributed by atoms with van der Waals surface area (Å²) in [5.41, 5.74) is 9.60. The highest BCUT2D eigenvalue weighted by molar-refractivity contribution is 6.36. The molecular formula is C18H21ClN2. The predicted octanol–water partition coefficient (Wildman–Crippen LogP) is 4.86. The van der Waals surface area contributed by atoms with Crippen LogP contribution in [-0.4, -0.2) is 5.54 Å². The van der Waals surface area contributed by atoms with E-state index in [2.05, 4.69) is 43.4 Å². The van der Waals surface area contributed by atoms with Crippen molar-refractivity contribution in [1.29, 1.82) is 0 Å². The van der Waals surface area contributed by atoms with Gasteiger partial charge in [-0.3, -0.25) is 0 Å². The molecule has 1 unspecified atom stereocenters. The highest BCUT2D eigenvalue weighted by atomic mass is 35.5. The second kappa shape index (κ2) is 5.27. The summed E-state index contributed by atoms with van der Waals surface area (Å²) >= 11 is 6.38. The number of rotatable bonds is 1. The maximum atomic E-state index is 6.38. The number of nitrogens with one attached hydrogen (secondary N) is 1. The third-order valence-corrected chi connectivity index (χ3v) is 4.89. The molecule has 1 atom stereocenters. The topological polar surface area (TPSA) is 38.0 Å². The Kier molecular flexibility index (Phi) is 3.58. The fourth-order valence-electron chi connectivity index (χ4n) is 3.21. The average Bonchev–Trinajstić information content (AvgIpc) is 2.48. The molecule has 3 heteroatoms. The largest absolute Gasteiger partial charge is 0.405 e. The molecule has 110 valence electrons. The fourth-order valence-corrected chi connectivity index (χ4v) is 3.43. The number of hydrogen-bond acceptors (Lipinski definition) is 2. The molecule has 2 aromatic carbocycles. The van der Waals surface area contributed by atoms with Crippen LogP contribution in [0.4, 0.5) is 5.69 Å². The highest BCUT2D eigenvalue weighted by Crippen LogP contribution is 2.39. The monoisotopic (exact) mass is 300 g/mol. The summed E-state index contributed by atoms with van der Waals surface area (Å²) in [5.74, 6) is 0. The molecule has 0 saturated carbocycles. The van der Waals surface area contributed by atoms with Crippen molar-refractivity contribution >= 4 is 28.1 Å². The molecule has 0 bridgehead atoms. The summed E-state index contributed by atoms with van der Waals surface area (Å²) < 4.78 is 0. The number of hydrogen-bond donors (Lipinski definition) is 2. The Morgan fingerprint density at radius 3 is 2.86 bits per heavy atom. The maximum Gasteiger partial charge on any atom is 0.0486 e. The quantitative estimate of drug-likeness (QED) is 0.789. The van der Waals surface area contributed by atoms with Crippen LogP contribution in [-0.2, 0) is 6.42 Å². The van der Waals surface area contributed by atoms with Gasteiger partial charge < -0.3 is 11.1 Å². The van der Waals surface area contributed by atoms with Crippen molar-refractivity contribution in [2.75, 3.05) is 5.32 Å². The van der Waals surface area contributed by atoms with Gasteiger partial charge in [-0.15, -0.1) is 0 Å². The van der Waals surface area contributed by atoms with Gasteiger partial charge in [-0.25, -0.2) is 0 Å². The van der Waals surface area contributed by atoms with Gasteiger partial charge in [-0.2, -0.15) is 0 Å².